The molecule has 1 aromatic rings. The van der Waals surface area contributed by atoms with Crippen molar-refractivity contribution in [1.82, 2.24) is 9.88 Å². The molecule has 0 atom stereocenters. The van der Waals surface area contributed by atoms with Gasteiger partial charge < -0.3 is 5.73 Å². The van der Waals surface area contributed by atoms with E-state index in [0.29, 0.717) is 6.54 Å². The Balaban J connectivity index is 1.92. The first-order valence-electron chi connectivity index (χ1n) is 5.81. The number of hydrogen-bond donors (Lipinski definition) is 1. The lowest BCUT2D eigenvalue weighted by Crippen LogP contribution is -2.25. The minimum atomic E-state index is 0.686. The number of hydrogen-bond acceptors (Lipinski definition) is 4. The van der Waals surface area contributed by atoms with E-state index in [1.807, 2.05) is 6.08 Å². The van der Waals surface area contributed by atoms with Crippen LogP contribution >= 0.6 is 11.3 Å². The monoisotopic (exact) mass is 237 g/mol. The number of rotatable bonds is 7. The average molecular weight is 237 g/mol. The van der Waals surface area contributed by atoms with Crippen LogP contribution in [0.15, 0.2) is 18.0 Å². The first kappa shape index (κ1) is 11.8. The lowest BCUT2D eigenvalue weighted by molar-refractivity contribution is 0.281. The average Bonchev–Trinajstić information content (AvgIpc) is 3.02. The molecule has 1 fully saturated rings. The minimum Gasteiger partial charge on any atom is -0.330 e. The van der Waals surface area contributed by atoms with Crippen molar-refractivity contribution in [1.29, 1.82) is 0 Å². The molecule has 0 aromatic carbocycles. The van der Waals surface area contributed by atoms with Crippen molar-refractivity contribution in [3.63, 3.8) is 0 Å². The zero-order chi connectivity index (χ0) is 11.4. The van der Waals surface area contributed by atoms with Crippen LogP contribution in [0.3, 0.4) is 0 Å². The van der Waals surface area contributed by atoms with Crippen LogP contribution in [0.5, 0.6) is 0 Å². The quantitative estimate of drug-likeness (QED) is 0.735. The molecule has 16 heavy (non-hydrogen) atoms. The van der Waals surface area contributed by atoms with Crippen molar-refractivity contribution >= 4 is 11.3 Å². The van der Waals surface area contributed by atoms with Gasteiger partial charge in [0.25, 0.3) is 0 Å². The van der Waals surface area contributed by atoms with Gasteiger partial charge in [-0.05, 0) is 19.4 Å². The molecule has 1 aliphatic rings. The van der Waals surface area contributed by atoms with Gasteiger partial charge in [-0.1, -0.05) is 6.08 Å². The topological polar surface area (TPSA) is 42.1 Å². The SMILES string of the molecule is C=CCN(Cc1csc(CCN)n1)C1CC1. The van der Waals surface area contributed by atoms with Gasteiger partial charge in [0.05, 0.1) is 10.7 Å². The van der Waals surface area contributed by atoms with Gasteiger partial charge in [0.1, 0.15) is 0 Å². The summed E-state index contributed by atoms with van der Waals surface area (Å²) in [7, 11) is 0. The molecule has 1 heterocycles. The maximum atomic E-state index is 5.52. The van der Waals surface area contributed by atoms with Crippen LogP contribution in [0.4, 0.5) is 0 Å². The molecule has 2 rings (SSSR count). The third-order valence-electron chi connectivity index (χ3n) is 2.75. The van der Waals surface area contributed by atoms with Gasteiger partial charge in [-0.3, -0.25) is 4.90 Å². The first-order valence-corrected chi connectivity index (χ1v) is 6.69. The van der Waals surface area contributed by atoms with Gasteiger partial charge in [-0.25, -0.2) is 4.98 Å². The van der Waals surface area contributed by atoms with E-state index >= 15 is 0 Å². The van der Waals surface area contributed by atoms with Crippen LogP contribution in [0.1, 0.15) is 23.5 Å². The van der Waals surface area contributed by atoms with Crippen LogP contribution in [0.2, 0.25) is 0 Å². The normalized spacial score (nSPS) is 15.6. The van der Waals surface area contributed by atoms with E-state index < -0.39 is 0 Å². The Labute approximate surface area is 101 Å². The summed E-state index contributed by atoms with van der Waals surface area (Å²) in [5.74, 6) is 0. The van der Waals surface area contributed by atoms with Crippen molar-refractivity contribution in [3.8, 4) is 0 Å². The summed E-state index contributed by atoms with van der Waals surface area (Å²) in [6, 6.07) is 0.762. The molecule has 0 unspecified atom stereocenters. The molecule has 3 nitrogen and oxygen atoms in total. The fourth-order valence-corrected chi connectivity index (χ4v) is 2.62. The lowest BCUT2D eigenvalue weighted by atomic mass is 10.3. The van der Waals surface area contributed by atoms with E-state index in [-0.39, 0.29) is 0 Å². The highest BCUT2D eigenvalue weighted by atomic mass is 32.1. The molecule has 0 radical (unpaired) electrons. The Kier molecular flexibility index (Phi) is 4.09. The standard InChI is InChI=1S/C12H19N3S/c1-2-7-15(11-3-4-11)8-10-9-16-12(14-10)5-6-13/h2,9,11H,1,3-8,13H2. The fraction of sp³-hybridized carbons (Fsp3) is 0.583. The highest BCUT2D eigenvalue weighted by molar-refractivity contribution is 7.09. The second-order valence-electron chi connectivity index (χ2n) is 4.22. The summed E-state index contributed by atoms with van der Waals surface area (Å²) in [6.07, 6.45) is 5.53. The highest BCUT2D eigenvalue weighted by Crippen LogP contribution is 2.28. The molecule has 1 aliphatic carbocycles. The maximum absolute atomic E-state index is 5.52. The molecule has 0 saturated heterocycles. The third-order valence-corrected chi connectivity index (χ3v) is 3.71. The van der Waals surface area contributed by atoms with E-state index in [1.165, 1.54) is 18.5 Å². The summed E-state index contributed by atoms with van der Waals surface area (Å²) in [4.78, 5) is 7.05. The van der Waals surface area contributed by atoms with Crippen molar-refractivity contribution < 1.29 is 0 Å². The van der Waals surface area contributed by atoms with Crippen LogP contribution in [-0.4, -0.2) is 29.0 Å². The Morgan fingerprint density at radius 1 is 1.62 bits per heavy atom. The molecular weight excluding hydrogens is 218 g/mol. The molecule has 0 bridgehead atoms. The van der Waals surface area contributed by atoms with E-state index in [2.05, 4.69) is 21.8 Å². The lowest BCUT2D eigenvalue weighted by Gasteiger charge is -2.18. The van der Waals surface area contributed by atoms with Crippen molar-refractivity contribution in [3.05, 3.63) is 28.7 Å². The molecule has 0 spiro atoms. The molecule has 1 aromatic heterocycles. The summed E-state index contributed by atoms with van der Waals surface area (Å²) >= 11 is 1.72. The number of aromatic nitrogens is 1. The van der Waals surface area contributed by atoms with Crippen molar-refractivity contribution in [2.75, 3.05) is 13.1 Å². The number of nitrogens with zero attached hydrogens (tertiary/aromatic N) is 2. The first-order chi connectivity index (χ1) is 7.83. The van der Waals surface area contributed by atoms with Crippen molar-refractivity contribution in [2.24, 2.45) is 5.73 Å². The third kappa shape index (κ3) is 3.14. The van der Waals surface area contributed by atoms with Gasteiger partial charge in [-0.2, -0.15) is 0 Å². The van der Waals surface area contributed by atoms with Gasteiger partial charge in [0.2, 0.25) is 0 Å². The van der Waals surface area contributed by atoms with E-state index in [0.717, 1.165) is 30.6 Å². The highest BCUT2D eigenvalue weighted by Gasteiger charge is 2.28. The fourth-order valence-electron chi connectivity index (χ4n) is 1.82. The summed E-state index contributed by atoms with van der Waals surface area (Å²) in [6.45, 7) is 6.42. The second kappa shape index (κ2) is 5.57. The molecular formula is C12H19N3S. The predicted molar refractivity (Wildman–Crippen MR) is 68.5 cm³/mol. The summed E-state index contributed by atoms with van der Waals surface area (Å²) in [5.41, 5.74) is 6.70. The molecule has 1 saturated carbocycles. The van der Waals surface area contributed by atoms with Gasteiger partial charge in [0.15, 0.2) is 0 Å². The largest absolute Gasteiger partial charge is 0.330 e. The van der Waals surface area contributed by atoms with Gasteiger partial charge in [-0.15, -0.1) is 17.9 Å². The van der Waals surface area contributed by atoms with Crippen molar-refractivity contribution in [2.45, 2.75) is 31.8 Å². The summed E-state index contributed by atoms with van der Waals surface area (Å²) in [5, 5.41) is 3.32. The number of nitrogens with two attached hydrogens (primary N) is 1. The maximum Gasteiger partial charge on any atom is 0.0941 e. The molecule has 4 heteroatoms. The zero-order valence-corrected chi connectivity index (χ0v) is 10.4. The Morgan fingerprint density at radius 3 is 3.06 bits per heavy atom. The Morgan fingerprint density at radius 2 is 2.44 bits per heavy atom. The van der Waals surface area contributed by atoms with Crippen LogP contribution in [0, 0.1) is 0 Å². The van der Waals surface area contributed by atoms with Gasteiger partial charge in [0, 0.05) is 30.9 Å². The van der Waals surface area contributed by atoms with E-state index in [4.69, 9.17) is 5.73 Å². The van der Waals surface area contributed by atoms with Gasteiger partial charge >= 0.3 is 0 Å². The van der Waals surface area contributed by atoms with E-state index in [1.54, 1.807) is 11.3 Å². The smallest absolute Gasteiger partial charge is 0.0941 e. The minimum absolute atomic E-state index is 0.686. The molecule has 2 N–H and O–H groups in total. The Hall–Kier alpha value is -0.710. The number of thiazole rings is 1. The van der Waals surface area contributed by atoms with E-state index in [9.17, 15) is 0 Å². The second-order valence-corrected chi connectivity index (χ2v) is 5.16. The molecule has 0 amide bonds. The predicted octanol–water partition coefficient (Wildman–Crippen LogP) is 1.79. The molecule has 0 aliphatic heterocycles. The summed E-state index contributed by atoms with van der Waals surface area (Å²) < 4.78 is 0. The Bertz CT molecular complexity index is 344. The van der Waals surface area contributed by atoms with Crippen LogP contribution in [-0.2, 0) is 13.0 Å². The van der Waals surface area contributed by atoms with Crippen LogP contribution in [0.25, 0.3) is 0 Å². The molecule has 88 valence electrons. The van der Waals surface area contributed by atoms with Crippen LogP contribution < -0.4 is 5.73 Å². The zero-order valence-electron chi connectivity index (χ0n) is 9.56.